The van der Waals surface area contributed by atoms with Crippen molar-refractivity contribution in [2.75, 3.05) is 31.6 Å². The molecule has 1 saturated heterocycles. The Labute approximate surface area is 196 Å². The zero-order valence-corrected chi connectivity index (χ0v) is 19.8. The smallest absolute Gasteiger partial charge is 0.270 e. The van der Waals surface area contributed by atoms with Gasteiger partial charge in [0, 0.05) is 31.7 Å². The first-order valence-corrected chi connectivity index (χ1v) is 12.8. The molecule has 4 rings (SSSR count). The summed E-state index contributed by atoms with van der Waals surface area (Å²) < 4.78 is 33.3. The van der Waals surface area contributed by atoms with E-state index in [1.54, 1.807) is 18.2 Å². The van der Waals surface area contributed by atoms with E-state index in [9.17, 15) is 13.2 Å². The van der Waals surface area contributed by atoms with Crippen molar-refractivity contribution >= 4 is 32.4 Å². The van der Waals surface area contributed by atoms with E-state index in [1.165, 1.54) is 0 Å². The lowest BCUT2D eigenvalue weighted by atomic mass is 10.1. The summed E-state index contributed by atoms with van der Waals surface area (Å²) in [5.74, 6) is -0.371. The lowest BCUT2D eigenvalue weighted by Gasteiger charge is -2.27. The van der Waals surface area contributed by atoms with Gasteiger partial charge in [-0.2, -0.15) is 0 Å². The zero-order chi connectivity index (χ0) is 23.3. The Hall–Kier alpha value is -2.70. The van der Waals surface area contributed by atoms with Crippen LogP contribution in [0, 0.1) is 6.92 Å². The highest BCUT2D eigenvalue weighted by atomic mass is 32.2. The van der Waals surface area contributed by atoms with E-state index in [-0.39, 0.29) is 21.9 Å². The predicted molar refractivity (Wildman–Crippen MR) is 126 cm³/mol. The molecule has 2 heterocycles. The van der Waals surface area contributed by atoms with Gasteiger partial charge in [0.2, 0.25) is 9.47 Å². The Kier molecular flexibility index (Phi) is 7.46. The Morgan fingerprint density at radius 3 is 2.61 bits per heavy atom. The van der Waals surface area contributed by atoms with Crippen LogP contribution in [0.5, 0.6) is 0 Å². The van der Waals surface area contributed by atoms with Crippen LogP contribution in [0.15, 0.2) is 52.9 Å². The number of nitrogens with one attached hydrogen (secondary N) is 2. The number of morpholine rings is 1. The summed E-state index contributed by atoms with van der Waals surface area (Å²) in [6.07, 6.45) is 0. The molecule has 174 valence electrons. The van der Waals surface area contributed by atoms with Crippen molar-refractivity contribution in [1.29, 1.82) is 0 Å². The fourth-order valence-corrected chi connectivity index (χ4v) is 5.39. The number of nitrogens with zero attached hydrogens (tertiary/aromatic N) is 3. The lowest BCUT2D eigenvalue weighted by Crippen LogP contribution is -2.36. The molecule has 0 radical (unpaired) electrons. The number of aryl methyl sites for hydroxylation is 1. The van der Waals surface area contributed by atoms with Gasteiger partial charge in [0.05, 0.1) is 13.2 Å². The quantitative estimate of drug-likeness (QED) is 0.469. The third-order valence-electron chi connectivity index (χ3n) is 5.21. The second kappa shape index (κ2) is 10.5. The molecule has 0 bridgehead atoms. The molecule has 11 heteroatoms. The molecule has 1 aliphatic rings. The molecule has 1 amide bonds. The van der Waals surface area contributed by atoms with Crippen LogP contribution >= 0.6 is 11.3 Å². The van der Waals surface area contributed by atoms with Crippen LogP contribution in [0.2, 0.25) is 0 Å². The zero-order valence-electron chi connectivity index (χ0n) is 18.2. The van der Waals surface area contributed by atoms with Crippen molar-refractivity contribution in [3.8, 4) is 0 Å². The number of carbonyl (C=O) groups excluding carboxylic acids is 1. The minimum Gasteiger partial charge on any atom is -0.379 e. The summed E-state index contributed by atoms with van der Waals surface area (Å²) in [5, 5.41) is 10.3. The third-order valence-corrected chi connectivity index (χ3v) is 7.81. The van der Waals surface area contributed by atoms with Crippen LogP contribution in [-0.2, 0) is 27.8 Å². The number of anilines is 1. The molecule has 0 spiro atoms. The standard InChI is InChI=1S/C22H25N5O4S2/c1-16-5-4-8-17(13-16)20(28)24-21-25-26-22(32-21)33(29,30)23-14-18-6-2-3-7-19(18)15-27-9-11-31-12-10-27/h2-8,13,23H,9-12,14-15H2,1H3,(H,24,25,28). The first kappa shape index (κ1) is 23.5. The summed E-state index contributed by atoms with van der Waals surface area (Å²) in [4.78, 5) is 14.7. The molecule has 0 unspecified atom stereocenters. The molecule has 3 aromatic rings. The second-order valence-electron chi connectivity index (χ2n) is 7.68. The van der Waals surface area contributed by atoms with Gasteiger partial charge in [-0.05, 0) is 30.2 Å². The van der Waals surface area contributed by atoms with E-state index in [0.717, 1.165) is 47.7 Å². The maximum absolute atomic E-state index is 12.8. The molecule has 1 aliphatic heterocycles. The minimum absolute atomic E-state index is 0.120. The number of carbonyl (C=O) groups is 1. The van der Waals surface area contributed by atoms with Crippen LogP contribution < -0.4 is 10.0 Å². The van der Waals surface area contributed by atoms with E-state index in [0.29, 0.717) is 18.8 Å². The fraction of sp³-hybridized carbons (Fsp3) is 0.318. The lowest BCUT2D eigenvalue weighted by molar-refractivity contribution is 0.0341. The monoisotopic (exact) mass is 487 g/mol. The summed E-state index contributed by atoms with van der Waals surface area (Å²) in [6, 6.07) is 14.8. The first-order valence-electron chi connectivity index (χ1n) is 10.5. The highest BCUT2D eigenvalue weighted by Gasteiger charge is 2.22. The first-order chi connectivity index (χ1) is 15.9. The van der Waals surface area contributed by atoms with Gasteiger partial charge >= 0.3 is 0 Å². The third kappa shape index (κ3) is 6.21. The number of rotatable bonds is 8. The second-order valence-corrected chi connectivity index (χ2v) is 10.6. The molecule has 1 fully saturated rings. The number of ether oxygens (including phenoxy) is 1. The molecule has 1 aromatic heterocycles. The molecule has 33 heavy (non-hydrogen) atoms. The van der Waals surface area contributed by atoms with Crippen molar-refractivity contribution < 1.29 is 17.9 Å². The summed E-state index contributed by atoms with van der Waals surface area (Å²) in [7, 11) is -3.88. The average Bonchev–Trinajstić information content (AvgIpc) is 3.29. The maximum Gasteiger partial charge on any atom is 0.270 e. The summed E-state index contributed by atoms with van der Waals surface area (Å²) in [5.41, 5.74) is 3.36. The van der Waals surface area contributed by atoms with E-state index in [2.05, 4.69) is 25.1 Å². The topological polar surface area (TPSA) is 114 Å². The number of amides is 1. The van der Waals surface area contributed by atoms with Crippen molar-refractivity contribution in [3.63, 3.8) is 0 Å². The Bertz CT molecular complexity index is 1220. The minimum atomic E-state index is -3.88. The Morgan fingerprint density at radius 1 is 1.09 bits per heavy atom. The molecule has 2 aromatic carbocycles. The van der Waals surface area contributed by atoms with Gasteiger partial charge in [0.25, 0.3) is 15.9 Å². The normalized spacial score (nSPS) is 14.8. The molecular weight excluding hydrogens is 462 g/mol. The van der Waals surface area contributed by atoms with Crippen molar-refractivity contribution in [1.82, 2.24) is 19.8 Å². The van der Waals surface area contributed by atoms with Gasteiger partial charge in [-0.3, -0.25) is 15.0 Å². The Morgan fingerprint density at radius 2 is 1.85 bits per heavy atom. The van der Waals surface area contributed by atoms with Crippen LogP contribution in [0.3, 0.4) is 0 Å². The molecular formula is C22H25N5O4S2. The van der Waals surface area contributed by atoms with Crippen molar-refractivity contribution in [2.45, 2.75) is 24.4 Å². The molecule has 9 nitrogen and oxygen atoms in total. The maximum atomic E-state index is 12.8. The van der Waals surface area contributed by atoms with E-state index >= 15 is 0 Å². The van der Waals surface area contributed by atoms with Crippen LogP contribution in [0.4, 0.5) is 5.13 Å². The average molecular weight is 488 g/mol. The van der Waals surface area contributed by atoms with Crippen molar-refractivity contribution in [3.05, 3.63) is 70.8 Å². The Balaban J connectivity index is 1.40. The predicted octanol–water partition coefficient (Wildman–Crippen LogP) is 2.41. The van der Waals surface area contributed by atoms with Gasteiger partial charge < -0.3 is 4.74 Å². The number of hydrogen-bond acceptors (Lipinski definition) is 8. The molecule has 0 saturated carbocycles. The van der Waals surface area contributed by atoms with Gasteiger partial charge in [0.15, 0.2) is 0 Å². The number of aromatic nitrogens is 2. The molecule has 0 atom stereocenters. The number of benzene rings is 2. The highest BCUT2D eigenvalue weighted by Crippen LogP contribution is 2.21. The summed E-state index contributed by atoms with van der Waals surface area (Å²) in [6.45, 7) is 5.85. The van der Waals surface area contributed by atoms with E-state index in [1.807, 2.05) is 37.3 Å². The molecule has 0 aliphatic carbocycles. The van der Waals surface area contributed by atoms with E-state index in [4.69, 9.17) is 4.74 Å². The summed E-state index contributed by atoms with van der Waals surface area (Å²) >= 11 is 0.808. The van der Waals surface area contributed by atoms with Crippen LogP contribution in [-0.4, -0.2) is 55.7 Å². The van der Waals surface area contributed by atoms with Crippen molar-refractivity contribution in [2.24, 2.45) is 0 Å². The van der Waals surface area contributed by atoms with Gasteiger partial charge in [0.1, 0.15) is 0 Å². The van der Waals surface area contributed by atoms with Gasteiger partial charge in [-0.1, -0.05) is 53.3 Å². The van der Waals surface area contributed by atoms with Gasteiger partial charge in [-0.15, -0.1) is 10.2 Å². The SMILES string of the molecule is Cc1cccc(C(=O)Nc2nnc(S(=O)(=O)NCc3ccccc3CN3CCOCC3)s2)c1. The van der Waals surface area contributed by atoms with Crippen LogP contribution in [0.25, 0.3) is 0 Å². The number of hydrogen-bond donors (Lipinski definition) is 2. The number of sulfonamides is 1. The fourth-order valence-electron chi connectivity index (χ4n) is 3.44. The van der Waals surface area contributed by atoms with Crippen LogP contribution in [0.1, 0.15) is 27.0 Å². The highest BCUT2D eigenvalue weighted by molar-refractivity contribution is 7.91. The molecule has 2 N–H and O–H groups in total. The van der Waals surface area contributed by atoms with Gasteiger partial charge in [-0.25, -0.2) is 13.1 Å². The largest absolute Gasteiger partial charge is 0.379 e. The van der Waals surface area contributed by atoms with E-state index < -0.39 is 10.0 Å².